The molecule has 32 heavy (non-hydrogen) atoms. The second-order valence-electron chi connectivity index (χ2n) is 6.99. The quantitative estimate of drug-likeness (QED) is 0.249. The average molecular weight is 518 g/mol. The van der Waals surface area contributed by atoms with E-state index in [4.69, 9.17) is 51.1 Å². The highest BCUT2D eigenvalue weighted by atomic mass is 35.5. The zero-order valence-electron chi connectivity index (χ0n) is 16.9. The lowest BCUT2D eigenvalue weighted by Crippen LogP contribution is -2.32. The molecule has 0 spiro atoms. The van der Waals surface area contributed by atoms with Gasteiger partial charge in [-0.15, -0.1) is 0 Å². The summed E-state index contributed by atoms with van der Waals surface area (Å²) < 4.78 is 4.95. The Bertz CT molecular complexity index is 1100. The molecular weight excluding hydrogens is 502 g/mol. The molecule has 0 radical (unpaired) electrons. The number of benzene rings is 2. The van der Waals surface area contributed by atoms with Gasteiger partial charge in [0, 0.05) is 12.2 Å². The summed E-state index contributed by atoms with van der Waals surface area (Å²) in [4.78, 5) is 50.3. The summed E-state index contributed by atoms with van der Waals surface area (Å²) in [5, 5.41) is 2.02. The summed E-state index contributed by atoms with van der Waals surface area (Å²) in [7, 11) is 0. The molecular formula is C21H16Cl4N2O5. The Morgan fingerprint density at radius 1 is 0.906 bits per heavy atom. The smallest absolute Gasteiger partial charge is 0.308 e. The van der Waals surface area contributed by atoms with Crippen LogP contribution in [0.25, 0.3) is 0 Å². The third-order valence-corrected chi connectivity index (χ3v) is 6.64. The minimum absolute atomic E-state index is 0.144. The first-order chi connectivity index (χ1) is 15.0. The van der Waals surface area contributed by atoms with Gasteiger partial charge in [0.25, 0.3) is 17.7 Å². The van der Waals surface area contributed by atoms with E-state index in [2.05, 4.69) is 5.32 Å². The van der Waals surface area contributed by atoms with Gasteiger partial charge in [-0.2, -0.15) is 0 Å². The lowest BCUT2D eigenvalue weighted by Gasteiger charge is -2.14. The van der Waals surface area contributed by atoms with Crippen molar-refractivity contribution in [3.63, 3.8) is 0 Å². The van der Waals surface area contributed by atoms with E-state index in [1.165, 1.54) is 0 Å². The molecule has 168 valence electrons. The Morgan fingerprint density at radius 3 is 1.91 bits per heavy atom. The number of amides is 3. The van der Waals surface area contributed by atoms with E-state index in [1.54, 1.807) is 0 Å². The van der Waals surface area contributed by atoms with Crippen molar-refractivity contribution in [1.29, 1.82) is 0 Å². The standard InChI is InChI=1S/C21H16Cl4N2O5/c1-9-4-3-5-10(2)19(9)26-11(28)8-32-12(29)6-7-27-20(30)13-14(21(27)31)16(23)18(25)17(24)15(13)22/h3-5H,6-8H2,1-2H3,(H,26,28). The van der Waals surface area contributed by atoms with Crippen molar-refractivity contribution in [3.8, 4) is 0 Å². The molecule has 2 aromatic carbocycles. The van der Waals surface area contributed by atoms with Crippen LogP contribution >= 0.6 is 46.4 Å². The fraction of sp³-hybridized carbons (Fsp3) is 0.238. The first kappa shape index (κ1) is 24.3. The Kier molecular flexibility index (Phi) is 7.35. The number of hydrogen-bond acceptors (Lipinski definition) is 5. The van der Waals surface area contributed by atoms with Crippen molar-refractivity contribution in [2.45, 2.75) is 20.3 Å². The van der Waals surface area contributed by atoms with Crippen LogP contribution in [-0.4, -0.2) is 41.7 Å². The van der Waals surface area contributed by atoms with Crippen molar-refractivity contribution < 1.29 is 23.9 Å². The lowest BCUT2D eigenvalue weighted by atomic mass is 10.1. The molecule has 0 aromatic heterocycles. The predicted molar refractivity (Wildman–Crippen MR) is 122 cm³/mol. The van der Waals surface area contributed by atoms with Crippen LogP contribution in [0.4, 0.5) is 5.69 Å². The molecule has 0 aliphatic carbocycles. The highest BCUT2D eigenvalue weighted by Crippen LogP contribution is 2.44. The number of esters is 1. The van der Waals surface area contributed by atoms with Gasteiger partial charge in [0.05, 0.1) is 37.6 Å². The van der Waals surface area contributed by atoms with Crippen LogP contribution < -0.4 is 5.32 Å². The number of para-hydroxylation sites is 1. The second kappa shape index (κ2) is 9.67. The Morgan fingerprint density at radius 2 is 1.41 bits per heavy atom. The van der Waals surface area contributed by atoms with Gasteiger partial charge >= 0.3 is 5.97 Å². The van der Waals surface area contributed by atoms with Gasteiger partial charge in [0.2, 0.25) is 0 Å². The van der Waals surface area contributed by atoms with Gasteiger partial charge in [-0.3, -0.25) is 24.1 Å². The van der Waals surface area contributed by atoms with Crippen molar-refractivity contribution >= 4 is 75.8 Å². The molecule has 11 heteroatoms. The predicted octanol–water partition coefficient (Wildman–Crippen LogP) is 5.09. The zero-order chi connectivity index (χ0) is 23.7. The van der Waals surface area contributed by atoms with Crippen molar-refractivity contribution in [2.24, 2.45) is 0 Å². The molecule has 7 nitrogen and oxygen atoms in total. The molecule has 1 heterocycles. The van der Waals surface area contributed by atoms with Crippen LogP contribution in [0.2, 0.25) is 20.1 Å². The number of halogens is 4. The van der Waals surface area contributed by atoms with Crippen LogP contribution in [0.3, 0.4) is 0 Å². The molecule has 0 saturated heterocycles. The molecule has 1 aliphatic rings. The number of nitrogens with zero attached hydrogens (tertiary/aromatic N) is 1. The largest absolute Gasteiger partial charge is 0.456 e. The van der Waals surface area contributed by atoms with Gasteiger partial charge in [-0.1, -0.05) is 64.6 Å². The second-order valence-corrected chi connectivity index (χ2v) is 8.51. The fourth-order valence-corrected chi connectivity index (χ4v) is 4.22. The van der Waals surface area contributed by atoms with Crippen molar-refractivity contribution in [2.75, 3.05) is 18.5 Å². The minimum atomic E-state index is -0.772. The van der Waals surface area contributed by atoms with Crippen LogP contribution in [0.15, 0.2) is 18.2 Å². The lowest BCUT2D eigenvalue weighted by molar-refractivity contribution is -0.147. The third-order valence-electron chi connectivity index (χ3n) is 4.83. The van der Waals surface area contributed by atoms with Crippen molar-refractivity contribution in [3.05, 3.63) is 60.5 Å². The van der Waals surface area contributed by atoms with E-state index in [9.17, 15) is 19.2 Å². The molecule has 1 N–H and O–H groups in total. The van der Waals surface area contributed by atoms with E-state index in [0.717, 1.165) is 16.0 Å². The molecule has 2 aromatic rings. The summed E-state index contributed by atoms with van der Waals surface area (Å²) in [5.41, 5.74) is 2.04. The van der Waals surface area contributed by atoms with Crippen LogP contribution in [0, 0.1) is 13.8 Å². The normalized spacial score (nSPS) is 12.8. The van der Waals surface area contributed by atoms with Crippen LogP contribution in [-0.2, 0) is 14.3 Å². The van der Waals surface area contributed by atoms with E-state index in [0.29, 0.717) is 5.69 Å². The van der Waals surface area contributed by atoms with Gasteiger partial charge in [0.1, 0.15) is 0 Å². The molecule has 0 unspecified atom stereocenters. The number of fused-ring (bicyclic) bond motifs is 1. The number of rotatable bonds is 6. The Hall–Kier alpha value is -2.32. The first-order valence-corrected chi connectivity index (χ1v) is 10.8. The van der Waals surface area contributed by atoms with Gasteiger partial charge in [-0.25, -0.2) is 0 Å². The van der Waals surface area contributed by atoms with Crippen molar-refractivity contribution in [1.82, 2.24) is 4.90 Å². The number of ether oxygens (including phenoxy) is 1. The number of aryl methyl sites for hydroxylation is 2. The maximum atomic E-state index is 12.6. The van der Waals surface area contributed by atoms with Gasteiger partial charge in [-0.05, 0) is 25.0 Å². The van der Waals surface area contributed by atoms with Crippen LogP contribution in [0.5, 0.6) is 0 Å². The molecule has 1 aliphatic heterocycles. The highest BCUT2D eigenvalue weighted by Gasteiger charge is 2.41. The summed E-state index contributed by atoms with van der Waals surface area (Å²) >= 11 is 24.1. The number of carbonyl (C=O) groups excluding carboxylic acids is 4. The van der Waals surface area contributed by atoms with E-state index in [1.807, 2.05) is 32.0 Å². The van der Waals surface area contributed by atoms with E-state index >= 15 is 0 Å². The number of hydrogen-bond donors (Lipinski definition) is 1. The van der Waals surface area contributed by atoms with Gasteiger partial charge in [0.15, 0.2) is 6.61 Å². The van der Waals surface area contributed by atoms with Gasteiger partial charge < -0.3 is 10.1 Å². The molecule has 3 rings (SSSR count). The fourth-order valence-electron chi connectivity index (χ4n) is 3.21. The molecule has 0 bridgehead atoms. The highest BCUT2D eigenvalue weighted by molar-refractivity contribution is 6.55. The summed E-state index contributed by atoms with van der Waals surface area (Å²) in [6.45, 7) is 2.87. The number of anilines is 1. The molecule has 0 atom stereocenters. The van der Waals surface area contributed by atoms with E-state index < -0.39 is 30.3 Å². The maximum absolute atomic E-state index is 12.6. The number of carbonyl (C=O) groups is 4. The van der Waals surface area contributed by atoms with E-state index in [-0.39, 0.29) is 44.2 Å². The monoisotopic (exact) mass is 516 g/mol. The summed E-state index contributed by atoms with van der Waals surface area (Å²) in [6, 6.07) is 5.55. The molecule has 0 fully saturated rings. The summed E-state index contributed by atoms with van der Waals surface area (Å²) in [5.74, 6) is -2.79. The Labute approximate surface area is 203 Å². The summed E-state index contributed by atoms with van der Waals surface area (Å²) in [6.07, 6.45) is -0.334. The first-order valence-electron chi connectivity index (χ1n) is 9.28. The molecule has 3 amide bonds. The number of imide groups is 1. The SMILES string of the molecule is Cc1cccc(C)c1NC(=O)COC(=O)CCN1C(=O)c2c(Cl)c(Cl)c(Cl)c(Cl)c2C1=O. The number of nitrogens with one attached hydrogen (secondary N) is 1. The average Bonchev–Trinajstić information content (AvgIpc) is 3.00. The van der Waals surface area contributed by atoms with Crippen LogP contribution in [0.1, 0.15) is 38.3 Å². The third kappa shape index (κ3) is 4.57. The maximum Gasteiger partial charge on any atom is 0.308 e. The minimum Gasteiger partial charge on any atom is -0.456 e. The molecule has 0 saturated carbocycles. The zero-order valence-corrected chi connectivity index (χ0v) is 19.9. The Balaban J connectivity index is 1.59. The topological polar surface area (TPSA) is 92.8 Å².